The van der Waals surface area contributed by atoms with Gasteiger partial charge in [0.05, 0.1) is 12.8 Å². The minimum atomic E-state index is -0.333. The summed E-state index contributed by atoms with van der Waals surface area (Å²) in [6.07, 6.45) is 1.74. The summed E-state index contributed by atoms with van der Waals surface area (Å²) in [5.41, 5.74) is 4.34. The molecule has 0 fully saturated rings. The Morgan fingerprint density at radius 2 is 1.79 bits per heavy atom. The van der Waals surface area contributed by atoms with E-state index in [2.05, 4.69) is 25.6 Å². The van der Waals surface area contributed by atoms with Crippen LogP contribution in [0.5, 0.6) is 5.75 Å². The second kappa shape index (κ2) is 9.03. The zero-order valence-electron chi connectivity index (χ0n) is 18.7. The summed E-state index contributed by atoms with van der Waals surface area (Å²) in [4.78, 5) is 17.6. The van der Waals surface area contributed by atoms with Crippen LogP contribution in [0.1, 0.15) is 16.1 Å². The minimum absolute atomic E-state index is 0.279. The third-order valence-corrected chi connectivity index (χ3v) is 5.35. The maximum atomic E-state index is 13.0. The summed E-state index contributed by atoms with van der Waals surface area (Å²) < 4.78 is 7.08. The molecular weight excluding hydrogens is 428 g/mol. The molecule has 0 bridgehead atoms. The molecule has 0 spiro atoms. The van der Waals surface area contributed by atoms with E-state index in [0.29, 0.717) is 23.1 Å². The summed E-state index contributed by atoms with van der Waals surface area (Å²) in [5, 5.41) is 14.7. The molecule has 0 unspecified atom stereocenters. The van der Waals surface area contributed by atoms with E-state index >= 15 is 0 Å². The van der Waals surface area contributed by atoms with Crippen molar-refractivity contribution >= 4 is 11.6 Å². The molecular formula is C26H22N6O2. The lowest BCUT2D eigenvalue weighted by Gasteiger charge is -2.10. The molecule has 0 radical (unpaired) electrons. The molecule has 2 N–H and O–H groups in total. The summed E-state index contributed by atoms with van der Waals surface area (Å²) in [7, 11) is 1.61. The highest BCUT2D eigenvalue weighted by molar-refractivity contribution is 6.04. The number of aromatic amines is 1. The number of amides is 1. The molecule has 0 aliphatic rings. The first-order valence-electron chi connectivity index (χ1n) is 10.7. The van der Waals surface area contributed by atoms with Crippen molar-refractivity contribution in [1.82, 2.24) is 25.0 Å². The lowest BCUT2D eigenvalue weighted by molar-refractivity contribution is 0.102. The Bertz CT molecular complexity index is 1460. The highest BCUT2D eigenvalue weighted by Crippen LogP contribution is 2.28. The topological polar surface area (TPSA) is 97.7 Å². The predicted molar refractivity (Wildman–Crippen MR) is 130 cm³/mol. The van der Waals surface area contributed by atoms with Crippen molar-refractivity contribution in [2.75, 3.05) is 12.4 Å². The zero-order chi connectivity index (χ0) is 23.5. The number of anilines is 1. The van der Waals surface area contributed by atoms with Crippen LogP contribution in [-0.2, 0) is 0 Å². The average Bonchev–Trinajstić information content (AvgIpc) is 3.56. The minimum Gasteiger partial charge on any atom is -0.494 e. The van der Waals surface area contributed by atoms with Crippen LogP contribution in [0.2, 0.25) is 0 Å². The molecule has 0 atom stereocenters. The molecule has 1 amide bonds. The van der Waals surface area contributed by atoms with Crippen molar-refractivity contribution in [3.05, 3.63) is 96.3 Å². The first-order chi connectivity index (χ1) is 16.6. The van der Waals surface area contributed by atoms with E-state index in [9.17, 15) is 4.79 Å². The van der Waals surface area contributed by atoms with Crippen molar-refractivity contribution < 1.29 is 9.53 Å². The van der Waals surface area contributed by atoms with Gasteiger partial charge in [0.25, 0.3) is 5.91 Å². The highest BCUT2D eigenvalue weighted by Gasteiger charge is 2.16. The van der Waals surface area contributed by atoms with E-state index in [1.807, 2.05) is 79.7 Å². The third-order valence-electron chi connectivity index (χ3n) is 5.35. The van der Waals surface area contributed by atoms with Gasteiger partial charge in [-0.2, -0.15) is 10.2 Å². The number of carbonyl (C=O) groups excluding carboxylic acids is 1. The number of H-pyrrole nitrogens is 1. The smallest absolute Gasteiger partial charge is 0.276 e. The fourth-order valence-electron chi connectivity index (χ4n) is 3.64. The Morgan fingerprint density at radius 3 is 2.62 bits per heavy atom. The number of carbonyl (C=O) groups is 1. The van der Waals surface area contributed by atoms with Crippen molar-refractivity contribution in [2.24, 2.45) is 0 Å². The Kier molecular flexibility index (Phi) is 5.61. The molecule has 2 aromatic heterocycles. The van der Waals surface area contributed by atoms with Gasteiger partial charge in [0.15, 0.2) is 17.3 Å². The maximum absolute atomic E-state index is 13.0. The molecule has 3 aromatic carbocycles. The van der Waals surface area contributed by atoms with Gasteiger partial charge in [-0.1, -0.05) is 48.5 Å². The van der Waals surface area contributed by atoms with Crippen LogP contribution in [-0.4, -0.2) is 38.0 Å². The van der Waals surface area contributed by atoms with Crippen molar-refractivity contribution in [1.29, 1.82) is 0 Å². The summed E-state index contributed by atoms with van der Waals surface area (Å²) in [5.74, 6) is 1.48. The molecule has 0 saturated carbocycles. The fraction of sp³-hybridized carbons (Fsp3) is 0.0769. The summed E-state index contributed by atoms with van der Waals surface area (Å²) >= 11 is 0. The molecule has 8 nitrogen and oxygen atoms in total. The van der Waals surface area contributed by atoms with Crippen LogP contribution >= 0.6 is 0 Å². The molecule has 0 aliphatic heterocycles. The Morgan fingerprint density at radius 1 is 1.00 bits per heavy atom. The normalized spacial score (nSPS) is 10.8. The van der Waals surface area contributed by atoms with Crippen LogP contribution in [0.4, 0.5) is 5.69 Å². The van der Waals surface area contributed by atoms with Crippen molar-refractivity contribution in [2.45, 2.75) is 6.92 Å². The van der Waals surface area contributed by atoms with E-state index in [1.165, 1.54) is 0 Å². The second-order valence-corrected chi connectivity index (χ2v) is 7.69. The lowest BCUT2D eigenvalue weighted by Crippen LogP contribution is -2.14. The number of ether oxygens (including phenoxy) is 1. The molecule has 0 aliphatic carbocycles. The number of methoxy groups -OCH3 is 1. The Labute approximate surface area is 196 Å². The quantitative estimate of drug-likeness (QED) is 0.384. The molecule has 168 valence electrons. The van der Waals surface area contributed by atoms with Gasteiger partial charge in [-0.05, 0) is 42.8 Å². The maximum Gasteiger partial charge on any atom is 0.276 e. The van der Waals surface area contributed by atoms with Crippen LogP contribution in [0.3, 0.4) is 0 Å². The lowest BCUT2D eigenvalue weighted by atomic mass is 10.1. The monoisotopic (exact) mass is 450 g/mol. The number of aryl methyl sites for hydroxylation is 1. The third kappa shape index (κ3) is 4.16. The number of hydrogen-bond acceptors (Lipinski definition) is 5. The number of nitrogens with zero attached hydrogens (tertiary/aromatic N) is 4. The first-order valence-corrected chi connectivity index (χ1v) is 10.7. The zero-order valence-corrected chi connectivity index (χ0v) is 18.7. The van der Waals surface area contributed by atoms with E-state index in [1.54, 1.807) is 24.1 Å². The Balaban J connectivity index is 1.40. The van der Waals surface area contributed by atoms with Gasteiger partial charge < -0.3 is 10.1 Å². The number of benzene rings is 3. The SMILES string of the molecule is COc1ccc(C)cc1-n1ccc(C(=O)Nc2ccccc2-c2nc(-c3ccccc3)n[nH]2)n1. The van der Waals surface area contributed by atoms with Crippen LogP contribution in [0, 0.1) is 6.92 Å². The number of para-hydroxylation sites is 1. The predicted octanol–water partition coefficient (Wildman–Crippen LogP) is 4.89. The highest BCUT2D eigenvalue weighted by atomic mass is 16.5. The largest absolute Gasteiger partial charge is 0.494 e. The summed E-state index contributed by atoms with van der Waals surface area (Å²) in [6, 6.07) is 24.6. The van der Waals surface area contributed by atoms with Gasteiger partial charge in [0, 0.05) is 17.3 Å². The number of nitrogens with one attached hydrogen (secondary N) is 2. The van der Waals surface area contributed by atoms with E-state index < -0.39 is 0 Å². The standard InChI is InChI=1S/C26H22N6O2/c1-17-12-13-23(34-2)22(16-17)32-15-14-21(31-32)26(33)27-20-11-7-6-10-19(20)25-28-24(29-30-25)18-8-4-3-5-9-18/h3-16H,1-2H3,(H,27,33)(H,28,29,30). The van der Waals surface area contributed by atoms with E-state index in [4.69, 9.17) is 4.74 Å². The van der Waals surface area contributed by atoms with Gasteiger partial charge in [-0.15, -0.1) is 0 Å². The second-order valence-electron chi connectivity index (χ2n) is 7.69. The molecule has 2 heterocycles. The van der Waals surface area contributed by atoms with Gasteiger partial charge >= 0.3 is 0 Å². The molecule has 34 heavy (non-hydrogen) atoms. The van der Waals surface area contributed by atoms with Gasteiger partial charge in [-0.25, -0.2) is 9.67 Å². The van der Waals surface area contributed by atoms with Gasteiger partial charge in [-0.3, -0.25) is 9.89 Å². The summed E-state index contributed by atoms with van der Waals surface area (Å²) in [6.45, 7) is 1.99. The first kappa shape index (κ1) is 21.1. The van der Waals surface area contributed by atoms with Gasteiger partial charge in [0.2, 0.25) is 0 Å². The fourth-order valence-corrected chi connectivity index (χ4v) is 3.64. The van der Waals surface area contributed by atoms with Crippen LogP contribution in [0.15, 0.2) is 85.1 Å². The average molecular weight is 451 g/mol. The molecule has 5 aromatic rings. The number of rotatable bonds is 6. The Hall–Kier alpha value is -4.72. The van der Waals surface area contributed by atoms with E-state index in [0.717, 1.165) is 22.4 Å². The van der Waals surface area contributed by atoms with Gasteiger partial charge in [0.1, 0.15) is 11.4 Å². The van der Waals surface area contributed by atoms with Crippen molar-refractivity contribution in [3.63, 3.8) is 0 Å². The number of aromatic nitrogens is 5. The van der Waals surface area contributed by atoms with E-state index in [-0.39, 0.29) is 11.6 Å². The van der Waals surface area contributed by atoms with Crippen LogP contribution in [0.25, 0.3) is 28.5 Å². The molecule has 8 heteroatoms. The van der Waals surface area contributed by atoms with Crippen molar-refractivity contribution in [3.8, 4) is 34.2 Å². The molecule has 0 saturated heterocycles. The van der Waals surface area contributed by atoms with Crippen LogP contribution < -0.4 is 10.1 Å². The number of hydrogen-bond donors (Lipinski definition) is 2. The molecule has 5 rings (SSSR count).